The lowest BCUT2D eigenvalue weighted by Gasteiger charge is -2.04. The molecule has 0 saturated heterocycles. The average molecular weight is 297 g/mol. The van der Waals surface area contributed by atoms with E-state index >= 15 is 0 Å². The van der Waals surface area contributed by atoms with Crippen molar-refractivity contribution in [3.05, 3.63) is 41.1 Å². The first-order chi connectivity index (χ1) is 10.6. The minimum absolute atomic E-state index is 0.235. The molecule has 6 heteroatoms. The zero-order valence-corrected chi connectivity index (χ0v) is 12.3. The molecule has 112 valence electrons. The SMILES string of the molecule is Cc1noc(C)c1C(=O)Nc1ccc2oc(C3CC3)nc2c1. The van der Waals surface area contributed by atoms with Crippen LogP contribution in [0.4, 0.5) is 5.69 Å². The van der Waals surface area contributed by atoms with Crippen LogP contribution in [0, 0.1) is 13.8 Å². The summed E-state index contributed by atoms with van der Waals surface area (Å²) in [5.74, 6) is 1.53. The second-order valence-corrected chi connectivity index (χ2v) is 5.66. The molecule has 1 amide bonds. The van der Waals surface area contributed by atoms with E-state index in [1.54, 1.807) is 19.9 Å². The molecule has 0 aliphatic heterocycles. The molecule has 6 nitrogen and oxygen atoms in total. The first kappa shape index (κ1) is 13.1. The van der Waals surface area contributed by atoms with Gasteiger partial charge in [-0.05, 0) is 44.9 Å². The Bertz CT molecular complexity index is 855. The summed E-state index contributed by atoms with van der Waals surface area (Å²) in [6, 6.07) is 5.46. The second kappa shape index (κ2) is 4.69. The van der Waals surface area contributed by atoms with Gasteiger partial charge in [-0.3, -0.25) is 4.79 Å². The third-order valence-corrected chi connectivity index (χ3v) is 3.85. The maximum atomic E-state index is 12.3. The van der Waals surface area contributed by atoms with Gasteiger partial charge in [-0.1, -0.05) is 5.16 Å². The molecular formula is C16H15N3O3. The highest BCUT2D eigenvalue weighted by atomic mass is 16.5. The highest BCUT2D eigenvalue weighted by Crippen LogP contribution is 2.40. The first-order valence-electron chi connectivity index (χ1n) is 7.26. The number of hydrogen-bond donors (Lipinski definition) is 1. The minimum atomic E-state index is -0.235. The standard InChI is InChI=1S/C16H15N3O3/c1-8-14(9(2)22-19-8)15(20)17-11-5-6-13-12(7-11)18-16(21-13)10-3-4-10/h5-7,10H,3-4H2,1-2H3,(H,17,20). The summed E-state index contributed by atoms with van der Waals surface area (Å²) in [4.78, 5) is 16.8. The molecule has 1 aliphatic carbocycles. The molecule has 0 spiro atoms. The largest absolute Gasteiger partial charge is 0.440 e. The summed E-state index contributed by atoms with van der Waals surface area (Å²) in [5, 5.41) is 6.65. The number of aromatic nitrogens is 2. The lowest BCUT2D eigenvalue weighted by atomic mass is 10.2. The molecule has 2 heterocycles. The van der Waals surface area contributed by atoms with Gasteiger partial charge in [-0.25, -0.2) is 4.98 Å². The van der Waals surface area contributed by atoms with E-state index < -0.39 is 0 Å². The number of hydrogen-bond acceptors (Lipinski definition) is 5. The Morgan fingerprint density at radius 3 is 2.82 bits per heavy atom. The van der Waals surface area contributed by atoms with Crippen molar-refractivity contribution in [2.75, 3.05) is 5.32 Å². The maximum Gasteiger partial charge on any atom is 0.261 e. The zero-order valence-electron chi connectivity index (χ0n) is 12.3. The van der Waals surface area contributed by atoms with E-state index in [4.69, 9.17) is 8.94 Å². The van der Waals surface area contributed by atoms with E-state index in [2.05, 4.69) is 15.5 Å². The van der Waals surface area contributed by atoms with Crippen LogP contribution >= 0.6 is 0 Å². The van der Waals surface area contributed by atoms with Gasteiger partial charge in [0.15, 0.2) is 11.5 Å². The van der Waals surface area contributed by atoms with Gasteiger partial charge in [0, 0.05) is 11.6 Å². The van der Waals surface area contributed by atoms with E-state index in [9.17, 15) is 4.79 Å². The molecule has 0 atom stereocenters. The lowest BCUT2D eigenvalue weighted by Crippen LogP contribution is -2.13. The van der Waals surface area contributed by atoms with Crippen molar-refractivity contribution in [3.63, 3.8) is 0 Å². The van der Waals surface area contributed by atoms with Crippen LogP contribution in [0.1, 0.15) is 46.5 Å². The number of carbonyl (C=O) groups excluding carboxylic acids is 1. The van der Waals surface area contributed by atoms with Gasteiger partial charge < -0.3 is 14.3 Å². The van der Waals surface area contributed by atoms with Crippen molar-refractivity contribution in [1.82, 2.24) is 10.1 Å². The smallest absolute Gasteiger partial charge is 0.261 e. The van der Waals surface area contributed by atoms with Crippen molar-refractivity contribution < 1.29 is 13.7 Å². The number of fused-ring (bicyclic) bond motifs is 1. The van der Waals surface area contributed by atoms with Crippen LogP contribution in [0.2, 0.25) is 0 Å². The third kappa shape index (κ3) is 2.16. The van der Waals surface area contributed by atoms with Gasteiger partial charge in [-0.15, -0.1) is 0 Å². The highest BCUT2D eigenvalue weighted by molar-refractivity contribution is 6.06. The molecule has 1 aliphatic rings. The second-order valence-electron chi connectivity index (χ2n) is 5.66. The number of nitrogens with zero attached hydrogens (tertiary/aromatic N) is 2. The van der Waals surface area contributed by atoms with E-state index in [0.717, 1.165) is 29.8 Å². The molecule has 4 rings (SSSR count). The molecule has 1 saturated carbocycles. The lowest BCUT2D eigenvalue weighted by molar-refractivity contribution is 0.102. The Balaban J connectivity index is 1.62. The number of oxazole rings is 1. The van der Waals surface area contributed by atoms with Crippen molar-refractivity contribution in [1.29, 1.82) is 0 Å². The van der Waals surface area contributed by atoms with Gasteiger partial charge in [0.1, 0.15) is 16.8 Å². The van der Waals surface area contributed by atoms with Crippen LogP contribution in [-0.2, 0) is 0 Å². The molecule has 3 aromatic rings. The third-order valence-electron chi connectivity index (χ3n) is 3.85. The molecule has 22 heavy (non-hydrogen) atoms. The molecule has 1 fully saturated rings. The van der Waals surface area contributed by atoms with Crippen LogP contribution in [0.25, 0.3) is 11.1 Å². The molecule has 0 unspecified atom stereocenters. The van der Waals surface area contributed by atoms with Crippen molar-refractivity contribution in [3.8, 4) is 0 Å². The van der Waals surface area contributed by atoms with Crippen LogP contribution in [0.3, 0.4) is 0 Å². The molecular weight excluding hydrogens is 282 g/mol. The Hall–Kier alpha value is -2.63. The van der Waals surface area contributed by atoms with Crippen molar-refractivity contribution >= 4 is 22.7 Å². The van der Waals surface area contributed by atoms with Crippen LogP contribution < -0.4 is 5.32 Å². The Morgan fingerprint density at radius 2 is 2.14 bits per heavy atom. The van der Waals surface area contributed by atoms with E-state index in [1.807, 2.05) is 12.1 Å². The Labute approximate surface area is 126 Å². The van der Waals surface area contributed by atoms with Gasteiger partial charge in [0.25, 0.3) is 5.91 Å². The van der Waals surface area contributed by atoms with E-state index in [0.29, 0.717) is 28.6 Å². The van der Waals surface area contributed by atoms with Crippen molar-refractivity contribution in [2.45, 2.75) is 32.6 Å². The number of amides is 1. The molecule has 0 radical (unpaired) electrons. The molecule has 0 bridgehead atoms. The topological polar surface area (TPSA) is 81.2 Å². The fraction of sp³-hybridized carbons (Fsp3) is 0.312. The van der Waals surface area contributed by atoms with E-state index in [-0.39, 0.29) is 5.91 Å². The number of anilines is 1. The summed E-state index contributed by atoms with van der Waals surface area (Å²) >= 11 is 0. The Morgan fingerprint density at radius 1 is 1.32 bits per heavy atom. The van der Waals surface area contributed by atoms with Crippen LogP contribution in [0.5, 0.6) is 0 Å². The van der Waals surface area contributed by atoms with Gasteiger partial charge in [0.2, 0.25) is 0 Å². The number of nitrogens with one attached hydrogen (secondary N) is 1. The number of rotatable bonds is 3. The molecule has 2 aromatic heterocycles. The number of aryl methyl sites for hydroxylation is 2. The van der Waals surface area contributed by atoms with Gasteiger partial charge in [-0.2, -0.15) is 0 Å². The maximum absolute atomic E-state index is 12.3. The predicted octanol–water partition coefficient (Wildman–Crippen LogP) is 3.56. The summed E-state index contributed by atoms with van der Waals surface area (Å²) in [7, 11) is 0. The van der Waals surface area contributed by atoms with Gasteiger partial charge in [0.05, 0.1) is 5.69 Å². The van der Waals surface area contributed by atoms with E-state index in [1.165, 1.54) is 0 Å². The minimum Gasteiger partial charge on any atom is -0.440 e. The first-order valence-corrected chi connectivity index (χ1v) is 7.26. The molecule has 1 N–H and O–H groups in total. The summed E-state index contributed by atoms with van der Waals surface area (Å²) < 4.78 is 10.7. The number of benzene rings is 1. The Kier molecular flexibility index (Phi) is 2.79. The van der Waals surface area contributed by atoms with Crippen LogP contribution in [0.15, 0.2) is 27.1 Å². The predicted molar refractivity (Wildman–Crippen MR) is 79.9 cm³/mol. The van der Waals surface area contributed by atoms with Gasteiger partial charge >= 0.3 is 0 Å². The molecule has 1 aromatic carbocycles. The normalized spacial score (nSPS) is 14.5. The summed E-state index contributed by atoms with van der Waals surface area (Å²) in [6.45, 7) is 3.46. The van der Waals surface area contributed by atoms with Crippen LogP contribution in [-0.4, -0.2) is 16.0 Å². The number of carbonyl (C=O) groups is 1. The quantitative estimate of drug-likeness (QED) is 0.799. The van der Waals surface area contributed by atoms with Crippen molar-refractivity contribution in [2.24, 2.45) is 0 Å². The highest BCUT2D eigenvalue weighted by Gasteiger charge is 2.29. The summed E-state index contributed by atoms with van der Waals surface area (Å²) in [5.41, 5.74) is 3.23. The fourth-order valence-corrected chi connectivity index (χ4v) is 2.53. The average Bonchev–Trinajstić information content (AvgIpc) is 3.16. The fourth-order valence-electron chi connectivity index (χ4n) is 2.53. The summed E-state index contributed by atoms with van der Waals surface area (Å²) in [6.07, 6.45) is 2.28. The monoisotopic (exact) mass is 297 g/mol. The zero-order chi connectivity index (χ0) is 15.3.